The van der Waals surface area contributed by atoms with Crippen molar-refractivity contribution in [3.8, 4) is 0 Å². The lowest BCUT2D eigenvalue weighted by Crippen LogP contribution is -2.28. The van der Waals surface area contributed by atoms with Gasteiger partial charge >= 0.3 is 5.69 Å². The number of amides is 1. The maximum Gasteiger partial charge on any atom is 0.301 e. The molecule has 0 bridgehead atoms. The lowest BCUT2D eigenvalue weighted by atomic mass is 9.94. The van der Waals surface area contributed by atoms with E-state index in [2.05, 4.69) is 5.10 Å². The van der Waals surface area contributed by atoms with Crippen LogP contribution in [0.3, 0.4) is 0 Å². The smallest absolute Gasteiger partial charge is 0.289 e. The number of ketones is 1. The molecule has 4 rings (SSSR count). The molecule has 0 spiro atoms. The minimum absolute atomic E-state index is 0.109. The van der Waals surface area contributed by atoms with E-state index in [4.69, 9.17) is 0 Å². The van der Waals surface area contributed by atoms with Gasteiger partial charge in [-0.3, -0.25) is 29.8 Å². The van der Waals surface area contributed by atoms with Crippen molar-refractivity contribution in [3.63, 3.8) is 0 Å². The molecule has 0 saturated carbocycles. The molecule has 2 aliphatic rings. The Morgan fingerprint density at radius 1 is 1.00 bits per heavy atom. The molecule has 1 heterocycles. The van der Waals surface area contributed by atoms with E-state index in [-0.39, 0.29) is 17.2 Å². The molecule has 0 saturated heterocycles. The maximum atomic E-state index is 12.7. The summed E-state index contributed by atoms with van der Waals surface area (Å²) in [5.74, 6) is -0.883. The summed E-state index contributed by atoms with van der Waals surface area (Å²) in [6, 6.07) is 9.70. The summed E-state index contributed by atoms with van der Waals surface area (Å²) in [7, 11) is 0. The molecule has 29 heavy (non-hydrogen) atoms. The van der Waals surface area contributed by atoms with Gasteiger partial charge in [0.1, 0.15) is 11.4 Å². The Morgan fingerprint density at radius 3 is 2.41 bits per heavy atom. The molecule has 0 N–H and O–H groups in total. The fourth-order valence-electron chi connectivity index (χ4n) is 3.01. The molecule has 0 unspecified atom stereocenters. The number of nitro groups is 2. The number of benzene rings is 2. The third-order valence-corrected chi connectivity index (χ3v) is 5.34. The number of hydrogen-bond donors (Lipinski definition) is 0. The van der Waals surface area contributed by atoms with E-state index in [1.807, 2.05) is 0 Å². The molecular formula is C18H10N4O6S. The van der Waals surface area contributed by atoms with E-state index in [0.717, 1.165) is 35.0 Å². The number of non-ortho nitro benzene ring substituents is 1. The van der Waals surface area contributed by atoms with E-state index < -0.39 is 27.1 Å². The zero-order valence-corrected chi connectivity index (χ0v) is 15.3. The number of hydrogen-bond acceptors (Lipinski definition) is 8. The number of carbonyl (C=O) groups excluding carboxylic acids is 2. The summed E-state index contributed by atoms with van der Waals surface area (Å²) >= 11 is 1.10. The van der Waals surface area contributed by atoms with Gasteiger partial charge < -0.3 is 0 Å². The van der Waals surface area contributed by atoms with E-state index in [9.17, 15) is 29.8 Å². The van der Waals surface area contributed by atoms with Crippen molar-refractivity contribution in [3.05, 3.63) is 84.8 Å². The Kier molecular flexibility index (Phi) is 4.43. The monoisotopic (exact) mass is 410 g/mol. The van der Waals surface area contributed by atoms with Gasteiger partial charge in [0.2, 0.25) is 0 Å². The van der Waals surface area contributed by atoms with E-state index in [1.54, 1.807) is 24.3 Å². The van der Waals surface area contributed by atoms with Crippen molar-refractivity contribution in [2.75, 3.05) is 10.8 Å². The maximum absolute atomic E-state index is 12.7. The molecular weight excluding hydrogens is 400 g/mol. The first-order valence-electron chi connectivity index (χ1n) is 8.20. The summed E-state index contributed by atoms with van der Waals surface area (Å²) in [5.41, 5.74) is -0.0265. The normalized spacial score (nSPS) is 15.7. The van der Waals surface area contributed by atoms with Crippen molar-refractivity contribution in [2.45, 2.75) is 0 Å². The zero-order chi connectivity index (χ0) is 20.7. The molecule has 1 aliphatic carbocycles. The highest BCUT2D eigenvalue weighted by Crippen LogP contribution is 2.37. The number of nitrogens with zero attached hydrogens (tertiary/aromatic N) is 4. The van der Waals surface area contributed by atoms with Crippen LogP contribution in [-0.2, 0) is 4.79 Å². The third-order valence-electron chi connectivity index (χ3n) is 4.33. The number of anilines is 1. The lowest BCUT2D eigenvalue weighted by Gasteiger charge is -2.18. The number of carbonyl (C=O) groups is 2. The van der Waals surface area contributed by atoms with E-state index in [0.29, 0.717) is 21.7 Å². The number of rotatable bonds is 3. The van der Waals surface area contributed by atoms with Gasteiger partial charge in [0.15, 0.2) is 5.78 Å². The van der Waals surface area contributed by atoms with Gasteiger partial charge in [0, 0.05) is 28.2 Å². The third kappa shape index (κ3) is 3.17. The Bertz CT molecular complexity index is 1170. The van der Waals surface area contributed by atoms with Gasteiger partial charge in [-0.1, -0.05) is 24.3 Å². The van der Waals surface area contributed by atoms with Crippen LogP contribution in [-0.4, -0.2) is 33.0 Å². The molecule has 2 aromatic carbocycles. The van der Waals surface area contributed by atoms with Gasteiger partial charge in [-0.25, -0.2) is 0 Å². The van der Waals surface area contributed by atoms with E-state index >= 15 is 0 Å². The van der Waals surface area contributed by atoms with Gasteiger partial charge in [0.05, 0.1) is 21.7 Å². The van der Waals surface area contributed by atoms with E-state index in [1.165, 1.54) is 6.08 Å². The van der Waals surface area contributed by atoms with Crippen LogP contribution in [0.2, 0.25) is 0 Å². The van der Waals surface area contributed by atoms with Crippen LogP contribution in [0.4, 0.5) is 17.1 Å². The SMILES string of the molecule is O=C1C=C2SCC(=O)N(c3ccc([N+](=O)[O-])cc3[N+](=O)[O-])N=C2c2ccccc21. The fourth-order valence-corrected chi connectivity index (χ4v) is 3.89. The first-order valence-corrected chi connectivity index (χ1v) is 9.18. The number of hydrazone groups is 1. The second kappa shape index (κ2) is 6.95. The number of fused-ring (bicyclic) bond motifs is 3. The molecule has 0 atom stereocenters. The average Bonchev–Trinajstić information content (AvgIpc) is 2.87. The minimum atomic E-state index is -0.803. The molecule has 0 fully saturated rings. The molecule has 2 aromatic rings. The molecule has 11 heteroatoms. The van der Waals surface area contributed by atoms with Gasteiger partial charge in [0.25, 0.3) is 11.6 Å². The predicted molar refractivity (Wildman–Crippen MR) is 105 cm³/mol. The average molecular weight is 410 g/mol. The molecule has 10 nitrogen and oxygen atoms in total. The van der Waals surface area contributed by atoms with Gasteiger partial charge in [-0.05, 0) is 6.07 Å². The second-order valence-electron chi connectivity index (χ2n) is 6.05. The quantitative estimate of drug-likeness (QED) is 0.560. The molecule has 0 radical (unpaired) electrons. The minimum Gasteiger partial charge on any atom is -0.289 e. The Balaban J connectivity index is 1.91. The van der Waals surface area contributed by atoms with Crippen molar-refractivity contribution < 1.29 is 19.4 Å². The van der Waals surface area contributed by atoms with Crippen molar-refractivity contribution in [1.82, 2.24) is 0 Å². The van der Waals surface area contributed by atoms with Crippen LogP contribution in [0.1, 0.15) is 15.9 Å². The summed E-state index contributed by atoms with van der Waals surface area (Å²) in [5, 5.41) is 27.7. The number of thioether (sulfide) groups is 1. The Hall–Kier alpha value is -3.86. The standard InChI is InChI=1S/C18H10N4O6S/c23-15-8-16-18(12-4-2-1-3-11(12)15)19-20(17(24)9-29-16)13-6-5-10(21(25)26)7-14(13)22(27)28/h1-8H,9H2. The van der Waals surface area contributed by atoms with Crippen LogP contribution in [0.25, 0.3) is 0 Å². The summed E-state index contributed by atoms with van der Waals surface area (Å²) in [4.78, 5) is 46.4. The van der Waals surface area contributed by atoms with Crippen molar-refractivity contribution in [2.24, 2.45) is 5.10 Å². The molecule has 0 aromatic heterocycles. The highest BCUT2D eigenvalue weighted by atomic mass is 32.2. The molecule has 1 amide bonds. The highest BCUT2D eigenvalue weighted by Gasteiger charge is 2.33. The first kappa shape index (κ1) is 18.5. The predicted octanol–water partition coefficient (Wildman–Crippen LogP) is 3.07. The summed E-state index contributed by atoms with van der Waals surface area (Å²) in [6.45, 7) is 0. The summed E-state index contributed by atoms with van der Waals surface area (Å²) in [6.07, 6.45) is 1.38. The molecule has 1 aliphatic heterocycles. The first-order chi connectivity index (χ1) is 13.9. The lowest BCUT2D eigenvalue weighted by molar-refractivity contribution is -0.393. The van der Waals surface area contributed by atoms with Crippen LogP contribution < -0.4 is 5.01 Å². The van der Waals surface area contributed by atoms with Crippen LogP contribution in [0.15, 0.2) is 58.5 Å². The van der Waals surface area contributed by atoms with Crippen LogP contribution >= 0.6 is 11.8 Å². The topological polar surface area (TPSA) is 136 Å². The number of nitro benzene ring substituents is 2. The van der Waals surface area contributed by atoms with Gasteiger partial charge in [-0.2, -0.15) is 10.1 Å². The Morgan fingerprint density at radius 2 is 1.72 bits per heavy atom. The Labute approximate surface area is 166 Å². The molecule has 144 valence electrons. The zero-order valence-electron chi connectivity index (χ0n) is 14.5. The fraction of sp³-hybridized carbons (Fsp3) is 0.0556. The van der Waals surface area contributed by atoms with Crippen LogP contribution in [0.5, 0.6) is 0 Å². The van der Waals surface area contributed by atoms with Gasteiger partial charge in [-0.15, -0.1) is 11.8 Å². The number of allylic oxidation sites excluding steroid dienone is 2. The highest BCUT2D eigenvalue weighted by molar-refractivity contribution is 8.04. The van der Waals surface area contributed by atoms with Crippen LogP contribution in [0, 0.1) is 20.2 Å². The van der Waals surface area contributed by atoms with Crippen molar-refractivity contribution in [1.29, 1.82) is 0 Å². The summed E-state index contributed by atoms with van der Waals surface area (Å²) < 4.78 is 0. The van der Waals surface area contributed by atoms with Crippen molar-refractivity contribution >= 4 is 46.2 Å². The second-order valence-corrected chi connectivity index (χ2v) is 7.07. The largest absolute Gasteiger partial charge is 0.301 e.